The number of nitrogens with one attached hydrogen (secondary N) is 1. The Labute approximate surface area is 151 Å². The second kappa shape index (κ2) is 6.64. The number of benzene rings is 1. The fourth-order valence-corrected chi connectivity index (χ4v) is 4.53. The Kier molecular flexibility index (Phi) is 4.70. The van der Waals surface area contributed by atoms with Gasteiger partial charge in [0.1, 0.15) is 0 Å². The first kappa shape index (κ1) is 17.7. The van der Waals surface area contributed by atoms with Gasteiger partial charge < -0.3 is 9.80 Å². The van der Waals surface area contributed by atoms with Gasteiger partial charge in [-0.2, -0.15) is 0 Å². The first-order valence-electron chi connectivity index (χ1n) is 7.76. The van der Waals surface area contributed by atoms with Crippen LogP contribution in [0.15, 0.2) is 24.3 Å². The van der Waals surface area contributed by atoms with E-state index in [0.717, 1.165) is 22.5 Å². The van der Waals surface area contributed by atoms with E-state index in [1.54, 1.807) is 4.90 Å². The minimum absolute atomic E-state index is 0.0274. The molecule has 1 N–H and O–H groups in total. The van der Waals surface area contributed by atoms with Gasteiger partial charge in [0.25, 0.3) is 5.91 Å². The number of hydrogen-bond donors (Lipinski definition) is 1. The van der Waals surface area contributed by atoms with Crippen molar-refractivity contribution in [3.8, 4) is 0 Å². The van der Waals surface area contributed by atoms with E-state index in [1.165, 1.54) is 11.3 Å². The summed E-state index contributed by atoms with van der Waals surface area (Å²) in [4.78, 5) is 21.8. The zero-order valence-electron chi connectivity index (χ0n) is 14.3. The molecule has 0 bridgehead atoms. The number of sulfonamides is 1. The molecule has 1 aliphatic heterocycles. The lowest BCUT2D eigenvalue weighted by molar-refractivity contribution is 0.0736. The highest BCUT2D eigenvalue weighted by Crippen LogP contribution is 2.29. The summed E-state index contributed by atoms with van der Waals surface area (Å²) in [6.45, 7) is 1.02. The Morgan fingerprint density at radius 1 is 1.36 bits per heavy atom. The van der Waals surface area contributed by atoms with Crippen LogP contribution in [0.25, 0.3) is 0 Å². The highest BCUT2D eigenvalue weighted by atomic mass is 32.2. The Morgan fingerprint density at radius 3 is 2.80 bits per heavy atom. The van der Waals surface area contributed by atoms with Crippen LogP contribution in [0, 0.1) is 0 Å². The lowest BCUT2D eigenvalue weighted by Crippen LogP contribution is -2.35. The average molecular weight is 380 g/mol. The van der Waals surface area contributed by atoms with Crippen LogP contribution < -0.4 is 9.62 Å². The molecule has 0 radical (unpaired) electrons. The van der Waals surface area contributed by atoms with Gasteiger partial charge in [0.2, 0.25) is 10.0 Å². The fraction of sp³-hybridized carbons (Fsp3) is 0.375. The van der Waals surface area contributed by atoms with Gasteiger partial charge in [0, 0.05) is 43.2 Å². The summed E-state index contributed by atoms with van der Waals surface area (Å²) >= 11 is 1.28. The van der Waals surface area contributed by atoms with E-state index in [4.69, 9.17) is 0 Å². The molecule has 1 aliphatic rings. The smallest absolute Gasteiger partial charge is 0.254 e. The van der Waals surface area contributed by atoms with Gasteiger partial charge in [-0.15, -0.1) is 0 Å². The maximum absolute atomic E-state index is 12.8. The zero-order chi connectivity index (χ0) is 18.2. The van der Waals surface area contributed by atoms with E-state index in [2.05, 4.69) is 9.71 Å². The number of amides is 1. The van der Waals surface area contributed by atoms with Crippen LogP contribution in [0.4, 0.5) is 10.8 Å². The zero-order valence-corrected chi connectivity index (χ0v) is 15.9. The number of rotatable bonds is 4. The van der Waals surface area contributed by atoms with Crippen molar-refractivity contribution < 1.29 is 13.2 Å². The van der Waals surface area contributed by atoms with Crippen molar-refractivity contribution in [3.63, 3.8) is 0 Å². The molecular weight excluding hydrogens is 360 g/mol. The van der Waals surface area contributed by atoms with Crippen LogP contribution in [0.3, 0.4) is 0 Å². The lowest BCUT2D eigenvalue weighted by atomic mass is 10.1. The number of nitrogens with zero attached hydrogens (tertiary/aromatic N) is 3. The molecule has 0 spiro atoms. The Hall–Kier alpha value is -2.13. The molecule has 1 aromatic carbocycles. The summed E-state index contributed by atoms with van der Waals surface area (Å²) in [5.74, 6) is -0.0274. The van der Waals surface area contributed by atoms with Gasteiger partial charge in [-0.25, -0.2) is 13.4 Å². The van der Waals surface area contributed by atoms with Crippen molar-refractivity contribution in [2.45, 2.75) is 13.0 Å². The van der Waals surface area contributed by atoms with Gasteiger partial charge in [-0.3, -0.25) is 9.52 Å². The van der Waals surface area contributed by atoms with E-state index in [9.17, 15) is 13.2 Å². The van der Waals surface area contributed by atoms with E-state index < -0.39 is 10.0 Å². The minimum Gasteiger partial charge on any atom is -0.378 e. The van der Waals surface area contributed by atoms with Gasteiger partial charge in [-0.05, 0) is 18.2 Å². The van der Waals surface area contributed by atoms with E-state index in [1.807, 2.05) is 43.3 Å². The predicted octanol–water partition coefficient (Wildman–Crippen LogP) is 1.78. The van der Waals surface area contributed by atoms with Gasteiger partial charge in [-0.1, -0.05) is 17.4 Å². The topological polar surface area (TPSA) is 82.6 Å². The molecule has 7 nitrogen and oxygen atoms in total. The van der Waals surface area contributed by atoms with Crippen molar-refractivity contribution in [1.29, 1.82) is 0 Å². The third-order valence-corrected chi connectivity index (χ3v) is 5.59. The van der Waals surface area contributed by atoms with Crippen LogP contribution in [-0.2, 0) is 23.0 Å². The number of anilines is 2. The first-order chi connectivity index (χ1) is 11.7. The van der Waals surface area contributed by atoms with E-state index >= 15 is 0 Å². The molecule has 0 atom stereocenters. The fourth-order valence-electron chi connectivity index (χ4n) is 2.67. The predicted molar refractivity (Wildman–Crippen MR) is 99.8 cm³/mol. The number of carbonyl (C=O) groups is 1. The van der Waals surface area contributed by atoms with E-state index in [-0.39, 0.29) is 5.91 Å². The number of aromatic nitrogens is 1. The standard InChI is InChI=1S/C16H20N4O3S2/c1-19(2)12-6-4-5-11(9-12)15(21)20-8-7-13-14(10-20)24-16(17-13)18-25(3,22)23/h4-6,9H,7-8,10H2,1-3H3,(H,17,18). The molecule has 0 aliphatic carbocycles. The van der Waals surface area contributed by atoms with Crippen LogP contribution in [-0.4, -0.2) is 51.1 Å². The number of hydrogen-bond acceptors (Lipinski definition) is 6. The Bertz CT molecular complexity index is 906. The maximum Gasteiger partial charge on any atom is 0.254 e. The summed E-state index contributed by atoms with van der Waals surface area (Å²) < 4.78 is 25.1. The van der Waals surface area contributed by atoms with Gasteiger partial charge in [0.05, 0.1) is 18.5 Å². The molecule has 0 unspecified atom stereocenters. The highest BCUT2D eigenvalue weighted by Gasteiger charge is 2.25. The third kappa shape index (κ3) is 4.10. The molecule has 1 aromatic heterocycles. The van der Waals surface area contributed by atoms with Crippen molar-refractivity contribution in [1.82, 2.24) is 9.88 Å². The molecular formula is C16H20N4O3S2. The highest BCUT2D eigenvalue weighted by molar-refractivity contribution is 7.92. The van der Waals surface area contributed by atoms with Crippen LogP contribution in [0.5, 0.6) is 0 Å². The molecule has 0 saturated heterocycles. The van der Waals surface area contributed by atoms with Crippen LogP contribution >= 0.6 is 11.3 Å². The van der Waals surface area contributed by atoms with Crippen molar-refractivity contribution >= 4 is 38.1 Å². The Morgan fingerprint density at radius 2 is 2.12 bits per heavy atom. The monoisotopic (exact) mass is 380 g/mol. The van der Waals surface area contributed by atoms with E-state index in [0.29, 0.717) is 30.2 Å². The summed E-state index contributed by atoms with van der Waals surface area (Å²) in [6, 6.07) is 7.52. The van der Waals surface area contributed by atoms with Crippen LogP contribution in [0.1, 0.15) is 20.9 Å². The maximum atomic E-state index is 12.8. The molecule has 3 rings (SSSR count). The van der Waals surface area contributed by atoms with Gasteiger partial charge >= 0.3 is 0 Å². The third-order valence-electron chi connectivity index (χ3n) is 3.90. The summed E-state index contributed by atoms with van der Waals surface area (Å²) in [7, 11) is 0.520. The number of fused-ring (bicyclic) bond motifs is 1. The molecule has 1 amide bonds. The van der Waals surface area contributed by atoms with Crippen molar-refractivity contribution in [3.05, 3.63) is 40.4 Å². The summed E-state index contributed by atoms with van der Waals surface area (Å²) in [6.07, 6.45) is 1.72. The molecule has 2 heterocycles. The molecule has 25 heavy (non-hydrogen) atoms. The summed E-state index contributed by atoms with van der Waals surface area (Å²) in [5.41, 5.74) is 2.48. The number of thiazole rings is 1. The summed E-state index contributed by atoms with van der Waals surface area (Å²) in [5, 5.41) is 0.358. The average Bonchev–Trinajstić information content (AvgIpc) is 2.93. The normalized spacial score (nSPS) is 14.1. The molecule has 134 valence electrons. The van der Waals surface area contributed by atoms with Gasteiger partial charge in [0.15, 0.2) is 5.13 Å². The number of carbonyl (C=O) groups excluding carboxylic acids is 1. The van der Waals surface area contributed by atoms with Crippen molar-refractivity contribution in [2.75, 3.05) is 36.5 Å². The first-order valence-corrected chi connectivity index (χ1v) is 10.5. The SMILES string of the molecule is CN(C)c1cccc(C(=O)N2CCc3nc(NS(C)(=O)=O)sc3C2)c1. The second-order valence-corrected chi connectivity index (χ2v) is 9.02. The minimum atomic E-state index is -3.35. The molecule has 2 aromatic rings. The largest absolute Gasteiger partial charge is 0.378 e. The van der Waals surface area contributed by atoms with Crippen LogP contribution in [0.2, 0.25) is 0 Å². The van der Waals surface area contributed by atoms with Crippen molar-refractivity contribution in [2.24, 2.45) is 0 Å². The quantitative estimate of drug-likeness (QED) is 0.874. The second-order valence-electron chi connectivity index (χ2n) is 6.18. The molecule has 0 fully saturated rings. The molecule has 0 saturated carbocycles. The Balaban J connectivity index is 1.78. The lowest BCUT2D eigenvalue weighted by Gasteiger charge is -2.26. The molecule has 9 heteroatoms.